The monoisotopic (exact) mass is 396 g/mol. The van der Waals surface area contributed by atoms with Crippen molar-refractivity contribution >= 4 is 0 Å². The molecule has 4 aromatic carbocycles. The molecule has 0 fully saturated rings. The minimum atomic E-state index is 0.530. The second-order valence-electron chi connectivity index (χ2n) is 7.33. The van der Waals surface area contributed by atoms with Gasteiger partial charge in [-0.15, -0.1) is 0 Å². The van der Waals surface area contributed by atoms with Gasteiger partial charge in [-0.2, -0.15) is 0 Å². The van der Waals surface area contributed by atoms with Gasteiger partial charge in [-0.1, -0.05) is 59.2 Å². The topological polar surface area (TPSA) is 27.7 Å². The van der Waals surface area contributed by atoms with Gasteiger partial charge in [0.05, 0.1) is 0 Å². The predicted octanol–water partition coefficient (Wildman–Crippen LogP) is 7.99. The molecule has 0 aromatic heterocycles. The summed E-state index contributed by atoms with van der Waals surface area (Å²) in [5.41, 5.74) is 3.52. The minimum absolute atomic E-state index is 0.530. The predicted molar refractivity (Wildman–Crippen MR) is 120 cm³/mol. The number of ether oxygens (including phenoxy) is 3. The van der Waals surface area contributed by atoms with E-state index < -0.39 is 0 Å². The van der Waals surface area contributed by atoms with E-state index in [0.29, 0.717) is 23.0 Å². The molecule has 0 atom stereocenters. The molecule has 0 aliphatic rings. The van der Waals surface area contributed by atoms with E-state index in [2.05, 4.69) is 0 Å². The van der Waals surface area contributed by atoms with Crippen molar-refractivity contribution in [3.8, 4) is 34.5 Å². The number of hydrogen-bond donors (Lipinski definition) is 0. The fourth-order valence-corrected chi connectivity index (χ4v) is 2.95. The lowest BCUT2D eigenvalue weighted by Gasteiger charge is -2.17. The molecule has 4 rings (SSSR count). The fraction of sp³-hybridized carbons (Fsp3) is 0.111. The van der Waals surface area contributed by atoms with E-state index in [1.54, 1.807) is 0 Å². The summed E-state index contributed by atoms with van der Waals surface area (Å²) in [6, 6.07) is 29.4. The van der Waals surface area contributed by atoms with Crippen molar-refractivity contribution < 1.29 is 14.2 Å². The van der Waals surface area contributed by atoms with Gasteiger partial charge >= 0.3 is 0 Å². The average molecular weight is 396 g/mol. The number of para-hydroxylation sites is 1. The number of benzene rings is 4. The Hall–Kier alpha value is -3.72. The highest BCUT2D eigenvalue weighted by atomic mass is 16.5. The zero-order valence-electron chi connectivity index (χ0n) is 17.4. The largest absolute Gasteiger partial charge is 0.453 e. The van der Waals surface area contributed by atoms with Crippen molar-refractivity contribution in [1.82, 2.24) is 0 Å². The Labute approximate surface area is 177 Å². The van der Waals surface area contributed by atoms with E-state index in [-0.39, 0.29) is 0 Å². The Balaban J connectivity index is 1.71. The Kier molecular flexibility index (Phi) is 5.71. The first-order valence-corrected chi connectivity index (χ1v) is 9.93. The lowest BCUT2D eigenvalue weighted by atomic mass is 10.2. The first kappa shape index (κ1) is 19.6. The van der Waals surface area contributed by atoms with Crippen LogP contribution in [0.15, 0.2) is 91.0 Å². The van der Waals surface area contributed by atoms with Crippen LogP contribution in [-0.4, -0.2) is 0 Å². The molecule has 3 heteroatoms. The first-order valence-electron chi connectivity index (χ1n) is 9.93. The lowest BCUT2D eigenvalue weighted by molar-refractivity contribution is 0.386. The van der Waals surface area contributed by atoms with Gasteiger partial charge in [-0.3, -0.25) is 0 Å². The van der Waals surface area contributed by atoms with E-state index in [1.165, 1.54) is 16.7 Å². The average Bonchev–Trinajstić information content (AvgIpc) is 2.75. The molecule has 0 unspecified atom stereocenters. The summed E-state index contributed by atoms with van der Waals surface area (Å²) in [7, 11) is 0. The Bertz CT molecular complexity index is 1050. The van der Waals surface area contributed by atoms with Crippen LogP contribution in [0.4, 0.5) is 0 Å². The van der Waals surface area contributed by atoms with Crippen molar-refractivity contribution in [2.75, 3.05) is 0 Å². The third kappa shape index (κ3) is 4.81. The molecule has 0 spiro atoms. The minimum Gasteiger partial charge on any atom is -0.453 e. The maximum atomic E-state index is 6.24. The molecule has 3 nitrogen and oxygen atoms in total. The van der Waals surface area contributed by atoms with Crippen molar-refractivity contribution in [3.05, 3.63) is 108 Å². The number of rotatable bonds is 6. The summed E-state index contributed by atoms with van der Waals surface area (Å²) in [5, 5.41) is 0. The molecule has 0 amide bonds. The van der Waals surface area contributed by atoms with Crippen molar-refractivity contribution in [1.29, 1.82) is 0 Å². The van der Waals surface area contributed by atoms with E-state index in [9.17, 15) is 0 Å². The number of aryl methyl sites for hydroxylation is 3. The van der Waals surface area contributed by atoms with Gasteiger partial charge in [0.1, 0.15) is 17.2 Å². The third-order valence-corrected chi connectivity index (χ3v) is 4.68. The second kappa shape index (κ2) is 8.75. The molecule has 4 aromatic rings. The summed E-state index contributed by atoms with van der Waals surface area (Å²) in [4.78, 5) is 0. The van der Waals surface area contributed by atoms with Crippen LogP contribution in [0.25, 0.3) is 0 Å². The normalized spacial score (nSPS) is 10.5. The van der Waals surface area contributed by atoms with Crippen LogP contribution < -0.4 is 14.2 Å². The van der Waals surface area contributed by atoms with Crippen LogP contribution >= 0.6 is 0 Å². The molecular weight excluding hydrogens is 372 g/mol. The van der Waals surface area contributed by atoms with Crippen LogP contribution in [0, 0.1) is 20.8 Å². The van der Waals surface area contributed by atoms with Gasteiger partial charge in [0.2, 0.25) is 5.75 Å². The molecule has 0 N–H and O–H groups in total. The summed E-state index contributed by atoms with van der Waals surface area (Å²) in [5.74, 6) is 3.90. The smallest absolute Gasteiger partial charge is 0.212 e. The van der Waals surface area contributed by atoms with E-state index >= 15 is 0 Å². The van der Waals surface area contributed by atoms with Crippen LogP contribution in [0.5, 0.6) is 34.5 Å². The van der Waals surface area contributed by atoms with Gasteiger partial charge in [-0.05, 0) is 69.3 Å². The molecule has 30 heavy (non-hydrogen) atoms. The van der Waals surface area contributed by atoms with Crippen molar-refractivity contribution in [2.24, 2.45) is 0 Å². The standard InChI is InChI=1S/C27H24O3/c1-19-7-13-22(14-8-19)28-25-5-4-6-26(29-23-15-9-20(2)10-16-23)27(25)30-24-17-11-21(3)12-18-24/h4-18H,1-3H3. The van der Waals surface area contributed by atoms with Crippen LogP contribution in [0.3, 0.4) is 0 Å². The lowest BCUT2D eigenvalue weighted by Crippen LogP contribution is -1.95. The van der Waals surface area contributed by atoms with E-state index in [4.69, 9.17) is 14.2 Å². The van der Waals surface area contributed by atoms with Crippen LogP contribution in [0.2, 0.25) is 0 Å². The summed E-state index contributed by atoms with van der Waals surface area (Å²) in [6.45, 7) is 6.14. The van der Waals surface area contributed by atoms with E-state index in [1.807, 2.05) is 112 Å². The SMILES string of the molecule is Cc1ccc(Oc2cccc(Oc3ccc(C)cc3)c2Oc2ccc(C)cc2)cc1. The summed E-state index contributed by atoms with van der Waals surface area (Å²) < 4.78 is 18.5. The Morgan fingerprint density at radius 2 is 0.733 bits per heavy atom. The zero-order valence-corrected chi connectivity index (χ0v) is 17.4. The van der Waals surface area contributed by atoms with Crippen LogP contribution in [0.1, 0.15) is 16.7 Å². The number of hydrogen-bond acceptors (Lipinski definition) is 3. The second-order valence-corrected chi connectivity index (χ2v) is 7.33. The molecule has 0 saturated heterocycles. The van der Waals surface area contributed by atoms with Crippen molar-refractivity contribution in [3.63, 3.8) is 0 Å². The molecule has 0 bridgehead atoms. The Morgan fingerprint density at radius 1 is 0.400 bits per heavy atom. The molecule has 0 heterocycles. The summed E-state index contributed by atoms with van der Waals surface area (Å²) >= 11 is 0. The quantitative estimate of drug-likeness (QED) is 0.330. The van der Waals surface area contributed by atoms with Crippen molar-refractivity contribution in [2.45, 2.75) is 20.8 Å². The highest BCUT2D eigenvalue weighted by Gasteiger charge is 2.16. The molecule has 0 saturated carbocycles. The van der Waals surface area contributed by atoms with Gasteiger partial charge in [0.15, 0.2) is 11.5 Å². The molecule has 0 radical (unpaired) electrons. The first-order chi connectivity index (χ1) is 14.6. The van der Waals surface area contributed by atoms with Gasteiger partial charge in [0.25, 0.3) is 0 Å². The molecule has 0 aliphatic carbocycles. The maximum absolute atomic E-state index is 6.24. The highest BCUT2D eigenvalue weighted by molar-refractivity contribution is 5.55. The Morgan fingerprint density at radius 3 is 1.10 bits per heavy atom. The van der Waals surface area contributed by atoms with Crippen LogP contribution in [-0.2, 0) is 0 Å². The zero-order chi connectivity index (χ0) is 20.9. The van der Waals surface area contributed by atoms with Gasteiger partial charge in [0, 0.05) is 0 Å². The van der Waals surface area contributed by atoms with Gasteiger partial charge in [-0.25, -0.2) is 0 Å². The fourth-order valence-electron chi connectivity index (χ4n) is 2.95. The molecule has 150 valence electrons. The van der Waals surface area contributed by atoms with E-state index in [0.717, 1.165) is 11.5 Å². The third-order valence-electron chi connectivity index (χ3n) is 4.68. The van der Waals surface area contributed by atoms with Gasteiger partial charge < -0.3 is 14.2 Å². The maximum Gasteiger partial charge on any atom is 0.212 e. The molecular formula is C27H24O3. The molecule has 0 aliphatic heterocycles. The summed E-state index contributed by atoms with van der Waals surface area (Å²) in [6.07, 6.45) is 0. The highest BCUT2D eigenvalue weighted by Crippen LogP contribution is 2.44.